The maximum atomic E-state index is 5.48. The van der Waals surface area contributed by atoms with Gasteiger partial charge in [0, 0.05) is 10.7 Å². The summed E-state index contributed by atoms with van der Waals surface area (Å²) in [5.74, 6) is 0. The highest BCUT2D eigenvalue weighted by Gasteiger charge is 2.00. The van der Waals surface area contributed by atoms with E-state index in [1.165, 1.54) is 5.56 Å². The van der Waals surface area contributed by atoms with Crippen molar-refractivity contribution in [3.8, 4) is 5.69 Å². The van der Waals surface area contributed by atoms with Gasteiger partial charge in [-0.15, -0.1) is 0 Å². The summed E-state index contributed by atoms with van der Waals surface area (Å²) in [6.45, 7) is 0.726. The van der Waals surface area contributed by atoms with Crippen LogP contribution in [0.1, 0.15) is 12.0 Å². The first-order valence-corrected chi connectivity index (χ1v) is 6.08. The van der Waals surface area contributed by atoms with Crippen LogP contribution in [0.3, 0.4) is 0 Å². The largest absolute Gasteiger partial charge is 0.330 e. The SMILES string of the molecule is NCCCc1cnn(-c2ccc(Br)cc2)c1. The number of hydrogen-bond donors (Lipinski definition) is 1. The lowest BCUT2D eigenvalue weighted by Gasteiger charge is -2.00. The first-order valence-electron chi connectivity index (χ1n) is 5.29. The summed E-state index contributed by atoms with van der Waals surface area (Å²) in [5.41, 5.74) is 7.78. The van der Waals surface area contributed by atoms with Gasteiger partial charge >= 0.3 is 0 Å². The fourth-order valence-electron chi connectivity index (χ4n) is 1.53. The van der Waals surface area contributed by atoms with Crippen LogP contribution in [0.25, 0.3) is 5.69 Å². The fraction of sp³-hybridized carbons (Fsp3) is 0.250. The van der Waals surface area contributed by atoms with E-state index in [2.05, 4.69) is 27.2 Å². The number of nitrogens with zero attached hydrogens (tertiary/aromatic N) is 2. The van der Waals surface area contributed by atoms with Crippen molar-refractivity contribution in [2.45, 2.75) is 12.8 Å². The van der Waals surface area contributed by atoms with Crippen molar-refractivity contribution in [3.63, 3.8) is 0 Å². The Morgan fingerprint density at radius 2 is 2.00 bits per heavy atom. The molecule has 0 atom stereocenters. The van der Waals surface area contributed by atoms with Gasteiger partial charge < -0.3 is 5.73 Å². The summed E-state index contributed by atoms with van der Waals surface area (Å²) in [5, 5.41) is 4.33. The smallest absolute Gasteiger partial charge is 0.0646 e. The predicted octanol–water partition coefficient (Wildman–Crippen LogP) is 2.53. The van der Waals surface area contributed by atoms with Crippen molar-refractivity contribution < 1.29 is 0 Å². The molecule has 1 heterocycles. The summed E-state index contributed by atoms with van der Waals surface area (Å²) < 4.78 is 2.96. The third-order valence-electron chi connectivity index (χ3n) is 2.40. The molecule has 2 N–H and O–H groups in total. The lowest BCUT2D eigenvalue weighted by molar-refractivity contribution is 0.831. The third-order valence-corrected chi connectivity index (χ3v) is 2.93. The molecule has 0 fully saturated rings. The number of nitrogens with two attached hydrogens (primary N) is 1. The van der Waals surface area contributed by atoms with Gasteiger partial charge in [-0.2, -0.15) is 5.10 Å². The normalized spacial score (nSPS) is 10.6. The average molecular weight is 280 g/mol. The Morgan fingerprint density at radius 3 is 2.69 bits per heavy atom. The summed E-state index contributed by atoms with van der Waals surface area (Å²) >= 11 is 3.41. The minimum absolute atomic E-state index is 0.726. The second kappa shape index (κ2) is 5.27. The van der Waals surface area contributed by atoms with Crippen molar-refractivity contribution >= 4 is 15.9 Å². The van der Waals surface area contributed by atoms with Crippen molar-refractivity contribution in [2.24, 2.45) is 5.73 Å². The zero-order chi connectivity index (χ0) is 11.4. The molecular formula is C12H14BrN3. The molecule has 3 nitrogen and oxygen atoms in total. The van der Waals surface area contributed by atoms with Crippen LogP contribution in [-0.4, -0.2) is 16.3 Å². The van der Waals surface area contributed by atoms with Gasteiger partial charge in [0.25, 0.3) is 0 Å². The minimum Gasteiger partial charge on any atom is -0.330 e. The molecule has 0 spiro atoms. The Balaban J connectivity index is 2.15. The standard InChI is InChI=1S/C12H14BrN3/c13-11-3-5-12(6-4-11)16-9-10(8-15-16)2-1-7-14/h3-6,8-9H,1-2,7,14H2. The molecule has 16 heavy (non-hydrogen) atoms. The second-order valence-electron chi connectivity index (χ2n) is 3.66. The van der Waals surface area contributed by atoms with E-state index >= 15 is 0 Å². The molecule has 0 bridgehead atoms. The highest BCUT2D eigenvalue weighted by molar-refractivity contribution is 9.10. The van der Waals surface area contributed by atoms with Gasteiger partial charge in [0.2, 0.25) is 0 Å². The highest BCUT2D eigenvalue weighted by atomic mass is 79.9. The van der Waals surface area contributed by atoms with Crippen LogP contribution in [0.15, 0.2) is 41.1 Å². The van der Waals surface area contributed by atoms with Crippen LogP contribution >= 0.6 is 15.9 Å². The third kappa shape index (κ3) is 2.71. The Hall–Kier alpha value is -1.13. The average Bonchev–Trinajstić information content (AvgIpc) is 2.76. The van der Waals surface area contributed by atoms with E-state index in [1.807, 2.05) is 35.1 Å². The molecule has 0 aliphatic rings. The summed E-state index contributed by atoms with van der Waals surface area (Å²) in [6.07, 6.45) is 5.95. The lowest BCUT2D eigenvalue weighted by atomic mass is 10.2. The molecule has 0 amide bonds. The molecule has 0 radical (unpaired) electrons. The molecule has 2 aromatic rings. The molecule has 4 heteroatoms. The van der Waals surface area contributed by atoms with Crippen LogP contribution in [0.2, 0.25) is 0 Å². The van der Waals surface area contributed by atoms with E-state index in [-0.39, 0.29) is 0 Å². The molecule has 2 rings (SSSR count). The van der Waals surface area contributed by atoms with E-state index in [0.717, 1.165) is 29.5 Å². The Morgan fingerprint density at radius 1 is 1.25 bits per heavy atom. The van der Waals surface area contributed by atoms with Crippen LogP contribution in [0, 0.1) is 0 Å². The quantitative estimate of drug-likeness (QED) is 0.935. The summed E-state index contributed by atoms with van der Waals surface area (Å²) in [6, 6.07) is 8.08. The van der Waals surface area contributed by atoms with Gasteiger partial charge in [0.1, 0.15) is 0 Å². The zero-order valence-corrected chi connectivity index (χ0v) is 10.5. The minimum atomic E-state index is 0.726. The number of halogens is 1. The topological polar surface area (TPSA) is 43.8 Å². The monoisotopic (exact) mass is 279 g/mol. The summed E-state index contributed by atoms with van der Waals surface area (Å²) in [7, 11) is 0. The predicted molar refractivity (Wildman–Crippen MR) is 68.6 cm³/mol. The lowest BCUT2D eigenvalue weighted by Crippen LogP contribution is -1.99. The van der Waals surface area contributed by atoms with Crippen molar-refractivity contribution in [1.29, 1.82) is 0 Å². The first-order chi connectivity index (χ1) is 7.79. The Kier molecular flexibility index (Phi) is 3.74. The van der Waals surface area contributed by atoms with Crippen molar-refractivity contribution in [3.05, 3.63) is 46.7 Å². The van der Waals surface area contributed by atoms with Gasteiger partial charge in [-0.25, -0.2) is 4.68 Å². The number of aromatic nitrogens is 2. The van der Waals surface area contributed by atoms with Crippen LogP contribution < -0.4 is 5.73 Å². The molecule has 1 aromatic carbocycles. The van der Waals surface area contributed by atoms with E-state index < -0.39 is 0 Å². The molecule has 1 aromatic heterocycles. The maximum absolute atomic E-state index is 5.48. The Labute approximate surface area is 103 Å². The summed E-state index contributed by atoms with van der Waals surface area (Å²) in [4.78, 5) is 0. The number of aryl methyl sites for hydroxylation is 1. The van der Waals surface area contributed by atoms with E-state index in [9.17, 15) is 0 Å². The first kappa shape index (κ1) is 11.4. The van der Waals surface area contributed by atoms with Gasteiger partial charge in [0.05, 0.1) is 11.9 Å². The molecule has 0 saturated heterocycles. The van der Waals surface area contributed by atoms with Gasteiger partial charge in [-0.05, 0) is 49.2 Å². The van der Waals surface area contributed by atoms with Crippen LogP contribution in [0.5, 0.6) is 0 Å². The fourth-order valence-corrected chi connectivity index (χ4v) is 1.79. The van der Waals surface area contributed by atoms with Crippen LogP contribution in [-0.2, 0) is 6.42 Å². The van der Waals surface area contributed by atoms with Gasteiger partial charge in [-0.3, -0.25) is 0 Å². The van der Waals surface area contributed by atoms with Gasteiger partial charge in [0.15, 0.2) is 0 Å². The maximum Gasteiger partial charge on any atom is 0.0646 e. The molecule has 0 unspecified atom stereocenters. The van der Waals surface area contributed by atoms with Crippen LogP contribution in [0.4, 0.5) is 0 Å². The Bertz CT molecular complexity index is 448. The number of benzene rings is 1. The highest BCUT2D eigenvalue weighted by Crippen LogP contribution is 2.14. The number of hydrogen-bond acceptors (Lipinski definition) is 2. The molecule has 0 aliphatic carbocycles. The van der Waals surface area contributed by atoms with E-state index in [0.29, 0.717) is 0 Å². The molecule has 84 valence electrons. The number of rotatable bonds is 4. The van der Waals surface area contributed by atoms with E-state index in [4.69, 9.17) is 5.73 Å². The molecular weight excluding hydrogens is 266 g/mol. The molecule has 0 aliphatic heterocycles. The van der Waals surface area contributed by atoms with Crippen molar-refractivity contribution in [2.75, 3.05) is 6.54 Å². The second-order valence-corrected chi connectivity index (χ2v) is 4.58. The zero-order valence-electron chi connectivity index (χ0n) is 8.94. The van der Waals surface area contributed by atoms with Crippen molar-refractivity contribution in [1.82, 2.24) is 9.78 Å². The van der Waals surface area contributed by atoms with E-state index in [1.54, 1.807) is 0 Å². The molecule has 0 saturated carbocycles. The van der Waals surface area contributed by atoms with Gasteiger partial charge in [-0.1, -0.05) is 15.9 Å².